The third-order valence-corrected chi connectivity index (χ3v) is 4.32. The molecular formula is C18H23ClFN5O2. The van der Waals surface area contributed by atoms with Gasteiger partial charge in [-0.2, -0.15) is 5.10 Å². The van der Waals surface area contributed by atoms with E-state index in [-0.39, 0.29) is 49.2 Å². The molecule has 3 rings (SSSR count). The molecule has 0 bridgehead atoms. The Hall–Kier alpha value is -2.45. The van der Waals surface area contributed by atoms with Crippen LogP contribution in [0.3, 0.4) is 0 Å². The summed E-state index contributed by atoms with van der Waals surface area (Å²) in [6.45, 7) is 3.74. The van der Waals surface area contributed by atoms with Crippen LogP contribution in [0.2, 0.25) is 0 Å². The first-order valence-corrected chi connectivity index (χ1v) is 8.66. The Bertz CT molecular complexity index is 823. The summed E-state index contributed by atoms with van der Waals surface area (Å²) >= 11 is 0. The number of aryl methyl sites for hydroxylation is 1. The number of aromatic nitrogens is 2. The molecule has 2 heterocycles. The van der Waals surface area contributed by atoms with E-state index >= 15 is 0 Å². The standard InChI is InChI=1S/C18H22FN5O2.ClH/c19-16-4-2-1-3-14(16)12-21-17(25)5-8-24-18(26)11-15(13-22-24)23-9-6-20-7-10-23;/h1-4,11,13,20H,5-10,12H2,(H,21,25);1H. The number of amides is 1. The highest BCUT2D eigenvalue weighted by Crippen LogP contribution is 2.10. The van der Waals surface area contributed by atoms with E-state index in [0.717, 1.165) is 31.9 Å². The molecule has 1 saturated heterocycles. The molecule has 1 amide bonds. The van der Waals surface area contributed by atoms with Gasteiger partial charge in [-0.1, -0.05) is 18.2 Å². The fourth-order valence-corrected chi connectivity index (χ4v) is 2.82. The number of anilines is 1. The number of hydrogen-bond donors (Lipinski definition) is 2. The maximum Gasteiger partial charge on any atom is 0.268 e. The molecule has 0 atom stereocenters. The molecule has 0 unspecified atom stereocenters. The van der Waals surface area contributed by atoms with Gasteiger partial charge in [-0.25, -0.2) is 9.07 Å². The van der Waals surface area contributed by atoms with Gasteiger partial charge in [-0.3, -0.25) is 9.59 Å². The van der Waals surface area contributed by atoms with Crippen molar-refractivity contribution < 1.29 is 9.18 Å². The Morgan fingerprint density at radius 1 is 1.26 bits per heavy atom. The third-order valence-electron chi connectivity index (χ3n) is 4.32. The van der Waals surface area contributed by atoms with Gasteiger partial charge in [-0.05, 0) is 6.07 Å². The summed E-state index contributed by atoms with van der Waals surface area (Å²) in [5.41, 5.74) is 0.996. The van der Waals surface area contributed by atoms with E-state index in [0.29, 0.717) is 5.56 Å². The summed E-state index contributed by atoms with van der Waals surface area (Å²) in [6, 6.07) is 7.84. The molecule has 27 heavy (non-hydrogen) atoms. The number of benzene rings is 1. The van der Waals surface area contributed by atoms with Crippen LogP contribution in [-0.2, 0) is 17.9 Å². The van der Waals surface area contributed by atoms with Crippen molar-refractivity contribution in [3.05, 3.63) is 58.3 Å². The van der Waals surface area contributed by atoms with Gasteiger partial charge in [0.2, 0.25) is 5.91 Å². The van der Waals surface area contributed by atoms with Gasteiger partial charge < -0.3 is 15.5 Å². The van der Waals surface area contributed by atoms with Crippen molar-refractivity contribution >= 4 is 24.0 Å². The van der Waals surface area contributed by atoms with Gasteiger partial charge in [0.1, 0.15) is 5.82 Å². The molecule has 0 radical (unpaired) electrons. The molecule has 0 saturated carbocycles. The van der Waals surface area contributed by atoms with Gasteiger partial charge in [0.25, 0.3) is 5.56 Å². The van der Waals surface area contributed by atoms with Crippen molar-refractivity contribution in [1.29, 1.82) is 0 Å². The molecule has 1 aromatic carbocycles. The molecule has 2 aromatic rings. The number of nitrogens with zero attached hydrogens (tertiary/aromatic N) is 3. The summed E-state index contributed by atoms with van der Waals surface area (Å²) < 4.78 is 14.8. The fourth-order valence-electron chi connectivity index (χ4n) is 2.82. The van der Waals surface area contributed by atoms with Gasteiger partial charge in [0.05, 0.1) is 18.4 Å². The van der Waals surface area contributed by atoms with Crippen LogP contribution in [0.5, 0.6) is 0 Å². The summed E-state index contributed by atoms with van der Waals surface area (Å²) in [4.78, 5) is 26.2. The molecule has 9 heteroatoms. The van der Waals surface area contributed by atoms with Crippen molar-refractivity contribution in [2.75, 3.05) is 31.1 Å². The molecule has 0 spiro atoms. The first-order chi connectivity index (χ1) is 12.6. The Morgan fingerprint density at radius 2 is 2.00 bits per heavy atom. The zero-order valence-electron chi connectivity index (χ0n) is 14.9. The molecule has 1 aliphatic heterocycles. The van der Waals surface area contributed by atoms with E-state index in [9.17, 15) is 14.0 Å². The molecule has 7 nitrogen and oxygen atoms in total. The van der Waals surface area contributed by atoms with Crippen molar-refractivity contribution in [1.82, 2.24) is 20.4 Å². The van der Waals surface area contributed by atoms with Crippen molar-refractivity contribution in [2.45, 2.75) is 19.5 Å². The Kier molecular flexibility index (Phi) is 7.75. The van der Waals surface area contributed by atoms with Crippen molar-refractivity contribution in [2.24, 2.45) is 0 Å². The highest BCUT2D eigenvalue weighted by molar-refractivity contribution is 5.85. The maximum atomic E-state index is 13.5. The quantitative estimate of drug-likeness (QED) is 0.760. The highest BCUT2D eigenvalue weighted by atomic mass is 35.5. The Labute approximate surface area is 163 Å². The van der Waals surface area contributed by atoms with E-state index in [1.165, 1.54) is 10.7 Å². The first kappa shape index (κ1) is 20.9. The minimum Gasteiger partial charge on any atom is -0.368 e. The highest BCUT2D eigenvalue weighted by Gasteiger charge is 2.12. The Morgan fingerprint density at radius 3 is 2.70 bits per heavy atom. The topological polar surface area (TPSA) is 79.3 Å². The molecule has 1 aliphatic rings. The number of halogens is 2. The third kappa shape index (κ3) is 5.77. The van der Waals surface area contributed by atoms with Crippen LogP contribution in [0.4, 0.5) is 10.1 Å². The summed E-state index contributed by atoms with van der Waals surface area (Å²) in [7, 11) is 0. The molecule has 1 fully saturated rings. The summed E-state index contributed by atoms with van der Waals surface area (Å²) in [5, 5.41) is 10.1. The Balaban J connectivity index is 0.00000261. The van der Waals surface area contributed by atoms with Crippen LogP contribution in [0.15, 0.2) is 41.3 Å². The van der Waals surface area contributed by atoms with Crippen LogP contribution in [-0.4, -0.2) is 41.9 Å². The maximum absolute atomic E-state index is 13.5. The zero-order chi connectivity index (χ0) is 18.4. The lowest BCUT2D eigenvalue weighted by Crippen LogP contribution is -2.44. The number of piperazine rings is 1. The lowest BCUT2D eigenvalue weighted by atomic mass is 10.2. The average molecular weight is 396 g/mol. The second-order valence-corrected chi connectivity index (χ2v) is 6.13. The van der Waals surface area contributed by atoms with E-state index in [2.05, 4.69) is 20.6 Å². The number of carbonyl (C=O) groups excluding carboxylic acids is 1. The lowest BCUT2D eigenvalue weighted by Gasteiger charge is -2.28. The van der Waals surface area contributed by atoms with E-state index < -0.39 is 0 Å². The van der Waals surface area contributed by atoms with Gasteiger partial charge in [0.15, 0.2) is 0 Å². The van der Waals surface area contributed by atoms with E-state index in [1.807, 2.05) is 0 Å². The first-order valence-electron chi connectivity index (χ1n) is 8.66. The second kappa shape index (κ2) is 10.0. The predicted octanol–water partition coefficient (Wildman–Crippen LogP) is 0.920. The molecule has 146 valence electrons. The summed E-state index contributed by atoms with van der Waals surface area (Å²) in [5.74, 6) is -0.609. The molecule has 0 aliphatic carbocycles. The van der Waals surface area contributed by atoms with E-state index in [4.69, 9.17) is 0 Å². The van der Waals surface area contributed by atoms with Crippen LogP contribution in [0, 0.1) is 5.82 Å². The molecular weight excluding hydrogens is 373 g/mol. The van der Waals surface area contributed by atoms with Gasteiger partial charge in [0, 0.05) is 50.8 Å². The average Bonchev–Trinajstić information content (AvgIpc) is 2.67. The smallest absolute Gasteiger partial charge is 0.268 e. The van der Waals surface area contributed by atoms with E-state index in [1.54, 1.807) is 30.5 Å². The second-order valence-electron chi connectivity index (χ2n) is 6.13. The number of nitrogens with one attached hydrogen (secondary N) is 2. The fraction of sp³-hybridized carbons (Fsp3) is 0.389. The largest absolute Gasteiger partial charge is 0.368 e. The normalized spacial score (nSPS) is 13.7. The van der Waals surface area contributed by atoms with Crippen molar-refractivity contribution in [3.63, 3.8) is 0 Å². The van der Waals surface area contributed by atoms with Crippen LogP contribution in [0.25, 0.3) is 0 Å². The van der Waals surface area contributed by atoms with Crippen LogP contribution in [0.1, 0.15) is 12.0 Å². The molecule has 2 N–H and O–H groups in total. The van der Waals surface area contributed by atoms with Crippen LogP contribution < -0.4 is 21.1 Å². The minimum atomic E-state index is -0.353. The molecule has 1 aromatic heterocycles. The number of hydrogen-bond acceptors (Lipinski definition) is 5. The van der Waals surface area contributed by atoms with Crippen LogP contribution >= 0.6 is 12.4 Å². The SMILES string of the molecule is Cl.O=C(CCn1ncc(N2CCNCC2)cc1=O)NCc1ccccc1F. The van der Waals surface area contributed by atoms with Crippen molar-refractivity contribution in [3.8, 4) is 0 Å². The lowest BCUT2D eigenvalue weighted by molar-refractivity contribution is -0.121. The monoisotopic (exact) mass is 395 g/mol. The number of carbonyl (C=O) groups is 1. The zero-order valence-corrected chi connectivity index (χ0v) is 15.7. The van der Waals surface area contributed by atoms with Gasteiger partial charge in [-0.15, -0.1) is 12.4 Å². The predicted molar refractivity (Wildman–Crippen MR) is 104 cm³/mol. The summed E-state index contributed by atoms with van der Waals surface area (Å²) in [6.07, 6.45) is 1.76. The van der Waals surface area contributed by atoms with Gasteiger partial charge >= 0.3 is 0 Å². The minimum absolute atomic E-state index is 0. The number of rotatable bonds is 6.